The van der Waals surface area contributed by atoms with E-state index in [0.717, 1.165) is 0 Å². The topological polar surface area (TPSA) is 84.3 Å². The Kier molecular flexibility index (Phi) is 6.38. The first-order valence-electron chi connectivity index (χ1n) is 9.83. The van der Waals surface area contributed by atoms with Crippen molar-refractivity contribution in [1.29, 1.82) is 0 Å². The molecular weight excluding hydrogens is 395 g/mol. The van der Waals surface area contributed by atoms with Crippen LogP contribution >= 0.6 is 0 Å². The predicted octanol–water partition coefficient (Wildman–Crippen LogP) is 2.56. The number of amides is 1. The lowest BCUT2D eigenvalue weighted by molar-refractivity contribution is 0.0710. The maximum Gasteiger partial charge on any atom is 0.257 e. The van der Waals surface area contributed by atoms with Crippen molar-refractivity contribution in [3.8, 4) is 5.69 Å². The van der Waals surface area contributed by atoms with Gasteiger partial charge in [0.15, 0.2) is 0 Å². The normalized spacial score (nSPS) is 15.7. The molecule has 29 heavy (non-hydrogen) atoms. The monoisotopic (exact) mass is 422 g/mol. The van der Waals surface area contributed by atoms with Crippen molar-refractivity contribution in [3.05, 3.63) is 47.0 Å². The van der Waals surface area contributed by atoms with E-state index in [0.29, 0.717) is 55.0 Å². The van der Waals surface area contributed by atoms with Gasteiger partial charge < -0.3 is 4.90 Å². The third kappa shape index (κ3) is 4.84. The van der Waals surface area contributed by atoms with Crippen LogP contribution < -0.4 is 4.72 Å². The second-order valence-electron chi connectivity index (χ2n) is 7.44. The summed E-state index contributed by atoms with van der Waals surface area (Å²) >= 11 is 0. The van der Waals surface area contributed by atoms with Crippen molar-refractivity contribution in [1.82, 2.24) is 19.4 Å². The first kappa shape index (κ1) is 21.4. The number of aromatic nitrogens is 2. The molecule has 1 aliphatic rings. The molecule has 158 valence electrons. The molecule has 1 amide bonds. The van der Waals surface area contributed by atoms with E-state index >= 15 is 0 Å². The van der Waals surface area contributed by atoms with Gasteiger partial charge in [-0.15, -0.1) is 0 Å². The minimum atomic E-state index is -3.26. The Bertz CT molecular complexity index is 978. The smallest absolute Gasteiger partial charge is 0.257 e. The van der Waals surface area contributed by atoms with Crippen molar-refractivity contribution < 1.29 is 17.6 Å². The molecule has 0 bridgehead atoms. The fraction of sp³-hybridized carbons (Fsp3) is 0.500. The SMILES string of the molecule is CCCS(=O)(=O)NC1CCN(C(=O)c2c(C)nn(-c3ccc(F)cc3)c2C)CC1. The standard InChI is InChI=1S/C20H27FN4O3S/c1-4-13-29(27,28)23-17-9-11-24(12-10-17)20(26)19-14(2)22-25(15(19)3)18-7-5-16(21)6-8-18/h5-8,17,23H,4,9-13H2,1-3H3. The summed E-state index contributed by atoms with van der Waals surface area (Å²) in [6, 6.07) is 5.82. The lowest BCUT2D eigenvalue weighted by atomic mass is 10.0. The third-order valence-electron chi connectivity index (χ3n) is 5.18. The molecule has 0 saturated carbocycles. The fourth-order valence-electron chi connectivity index (χ4n) is 3.73. The fourth-order valence-corrected chi connectivity index (χ4v) is 5.12. The summed E-state index contributed by atoms with van der Waals surface area (Å²) in [4.78, 5) is 14.9. The van der Waals surface area contributed by atoms with Crippen molar-refractivity contribution >= 4 is 15.9 Å². The van der Waals surface area contributed by atoms with Gasteiger partial charge in [0.1, 0.15) is 5.82 Å². The summed E-state index contributed by atoms with van der Waals surface area (Å²) < 4.78 is 41.5. The van der Waals surface area contributed by atoms with Crippen LogP contribution in [0.5, 0.6) is 0 Å². The zero-order chi connectivity index (χ0) is 21.2. The Balaban J connectivity index is 1.71. The van der Waals surface area contributed by atoms with E-state index in [1.54, 1.807) is 28.6 Å². The molecule has 1 aromatic carbocycles. The van der Waals surface area contributed by atoms with E-state index in [2.05, 4.69) is 9.82 Å². The molecule has 7 nitrogen and oxygen atoms in total. The van der Waals surface area contributed by atoms with Crippen LogP contribution in [0, 0.1) is 19.7 Å². The van der Waals surface area contributed by atoms with Gasteiger partial charge in [0.05, 0.1) is 28.4 Å². The van der Waals surface area contributed by atoms with E-state index < -0.39 is 10.0 Å². The first-order valence-corrected chi connectivity index (χ1v) is 11.5. The zero-order valence-corrected chi connectivity index (χ0v) is 17.8. The summed E-state index contributed by atoms with van der Waals surface area (Å²) in [5.41, 5.74) is 2.54. The van der Waals surface area contributed by atoms with E-state index in [9.17, 15) is 17.6 Å². The molecule has 1 aromatic heterocycles. The highest BCUT2D eigenvalue weighted by molar-refractivity contribution is 7.89. The van der Waals surface area contributed by atoms with Crippen molar-refractivity contribution in [3.63, 3.8) is 0 Å². The molecule has 0 atom stereocenters. The number of halogens is 1. The van der Waals surface area contributed by atoms with E-state index in [-0.39, 0.29) is 23.5 Å². The second-order valence-corrected chi connectivity index (χ2v) is 9.31. The molecule has 9 heteroatoms. The van der Waals surface area contributed by atoms with E-state index in [1.807, 2.05) is 13.8 Å². The maximum absolute atomic E-state index is 13.2. The predicted molar refractivity (Wildman–Crippen MR) is 109 cm³/mol. The van der Waals surface area contributed by atoms with Crippen LogP contribution in [0.25, 0.3) is 5.69 Å². The lowest BCUT2D eigenvalue weighted by Crippen LogP contribution is -2.47. The highest BCUT2D eigenvalue weighted by Gasteiger charge is 2.29. The Morgan fingerprint density at radius 1 is 1.21 bits per heavy atom. The van der Waals surface area contributed by atoms with Gasteiger partial charge in [-0.2, -0.15) is 5.10 Å². The Morgan fingerprint density at radius 2 is 1.83 bits per heavy atom. The van der Waals surface area contributed by atoms with Gasteiger partial charge in [-0.3, -0.25) is 4.79 Å². The number of carbonyl (C=O) groups excluding carboxylic acids is 1. The van der Waals surface area contributed by atoms with Gasteiger partial charge in [0, 0.05) is 19.1 Å². The van der Waals surface area contributed by atoms with Crippen molar-refractivity contribution in [2.24, 2.45) is 0 Å². The molecule has 1 fully saturated rings. The van der Waals surface area contributed by atoms with Gasteiger partial charge in [-0.25, -0.2) is 22.2 Å². The summed E-state index contributed by atoms with van der Waals surface area (Å²) in [7, 11) is -3.26. The molecule has 0 radical (unpaired) electrons. The molecule has 1 N–H and O–H groups in total. The minimum absolute atomic E-state index is 0.108. The number of sulfonamides is 1. The summed E-state index contributed by atoms with van der Waals surface area (Å²) in [6.45, 7) is 6.41. The van der Waals surface area contributed by atoms with Gasteiger partial charge in [-0.1, -0.05) is 6.92 Å². The number of carbonyl (C=O) groups is 1. The molecule has 1 aliphatic heterocycles. The number of piperidine rings is 1. The average molecular weight is 423 g/mol. The second kappa shape index (κ2) is 8.62. The number of hydrogen-bond donors (Lipinski definition) is 1. The van der Waals surface area contributed by atoms with E-state index in [4.69, 9.17) is 0 Å². The molecule has 2 heterocycles. The molecule has 0 unspecified atom stereocenters. The van der Waals surface area contributed by atoms with Crippen molar-refractivity contribution in [2.75, 3.05) is 18.8 Å². The number of nitrogens with one attached hydrogen (secondary N) is 1. The Morgan fingerprint density at radius 3 is 2.41 bits per heavy atom. The minimum Gasteiger partial charge on any atom is -0.338 e. The number of aryl methyl sites for hydroxylation is 1. The number of nitrogens with zero attached hydrogens (tertiary/aromatic N) is 3. The number of benzene rings is 1. The molecule has 2 aromatic rings. The van der Waals surface area contributed by atoms with Gasteiger partial charge in [0.2, 0.25) is 10.0 Å². The Labute approximate surface area is 171 Å². The number of rotatable bonds is 6. The van der Waals surface area contributed by atoms with Crippen LogP contribution in [0.3, 0.4) is 0 Å². The lowest BCUT2D eigenvalue weighted by Gasteiger charge is -2.32. The zero-order valence-electron chi connectivity index (χ0n) is 17.0. The average Bonchev–Trinajstić information content (AvgIpc) is 2.96. The van der Waals surface area contributed by atoms with Crippen LogP contribution in [0.4, 0.5) is 4.39 Å². The van der Waals surface area contributed by atoms with Crippen LogP contribution in [-0.4, -0.2) is 53.9 Å². The summed E-state index contributed by atoms with van der Waals surface area (Å²) in [6.07, 6.45) is 1.74. The van der Waals surface area contributed by atoms with E-state index in [1.165, 1.54) is 12.1 Å². The van der Waals surface area contributed by atoms with Crippen molar-refractivity contribution in [2.45, 2.75) is 46.1 Å². The van der Waals surface area contributed by atoms with Crippen LogP contribution in [0.2, 0.25) is 0 Å². The molecule has 1 saturated heterocycles. The molecule has 0 spiro atoms. The van der Waals surface area contributed by atoms with Gasteiger partial charge >= 0.3 is 0 Å². The van der Waals surface area contributed by atoms with Crippen LogP contribution in [0.15, 0.2) is 24.3 Å². The largest absolute Gasteiger partial charge is 0.338 e. The molecule has 0 aliphatic carbocycles. The van der Waals surface area contributed by atoms with Gasteiger partial charge in [0.25, 0.3) is 5.91 Å². The third-order valence-corrected chi connectivity index (χ3v) is 6.82. The number of likely N-dealkylation sites (tertiary alicyclic amines) is 1. The molecular formula is C20H27FN4O3S. The first-order chi connectivity index (χ1) is 13.7. The van der Waals surface area contributed by atoms with Crippen LogP contribution in [0.1, 0.15) is 47.9 Å². The highest BCUT2D eigenvalue weighted by Crippen LogP contribution is 2.22. The maximum atomic E-state index is 13.2. The summed E-state index contributed by atoms with van der Waals surface area (Å²) in [5, 5.41) is 4.46. The van der Waals surface area contributed by atoms with Gasteiger partial charge in [-0.05, 0) is 57.4 Å². The van der Waals surface area contributed by atoms with Crippen LogP contribution in [-0.2, 0) is 10.0 Å². The summed E-state index contributed by atoms with van der Waals surface area (Å²) in [5.74, 6) is -0.320. The Hall–Kier alpha value is -2.26. The quantitative estimate of drug-likeness (QED) is 0.775. The molecule has 3 rings (SSSR count). The highest BCUT2D eigenvalue weighted by atomic mass is 32.2. The number of hydrogen-bond acceptors (Lipinski definition) is 4.